The molecule has 1 heterocycles. The molecule has 0 N–H and O–H groups in total. The van der Waals surface area contributed by atoms with Gasteiger partial charge in [0.25, 0.3) is 0 Å². The Morgan fingerprint density at radius 2 is 2.00 bits per heavy atom. The molecule has 1 aromatic heterocycles. The minimum absolute atomic E-state index is 0.0564. The van der Waals surface area contributed by atoms with E-state index in [0.29, 0.717) is 33.0 Å². The van der Waals surface area contributed by atoms with E-state index in [-0.39, 0.29) is 17.1 Å². The Balaban J connectivity index is 2.09. The van der Waals surface area contributed by atoms with Gasteiger partial charge in [-0.25, -0.2) is 4.98 Å². The summed E-state index contributed by atoms with van der Waals surface area (Å²) in [6.07, 6.45) is 0.290. The second-order valence-electron chi connectivity index (χ2n) is 5.01. The first-order valence-electron chi connectivity index (χ1n) is 7.41. The minimum Gasteiger partial charge on any atom is -0.496 e. The van der Waals surface area contributed by atoms with E-state index in [9.17, 15) is 9.59 Å². The fourth-order valence-corrected chi connectivity index (χ4v) is 3.13. The molecule has 0 saturated carbocycles. The highest BCUT2D eigenvalue weighted by Crippen LogP contribution is 2.34. The fourth-order valence-electron chi connectivity index (χ4n) is 2.25. The number of benzene rings is 2. The number of carbonyl (C=O) groups is 1. The van der Waals surface area contributed by atoms with Crippen LogP contribution in [0.1, 0.15) is 13.3 Å². The van der Waals surface area contributed by atoms with Gasteiger partial charge in [0, 0.05) is 12.5 Å². The lowest BCUT2D eigenvalue weighted by Crippen LogP contribution is -2.05. The highest BCUT2D eigenvalue weighted by Gasteiger charge is 2.13. The molecule has 0 aliphatic heterocycles. The SMILES string of the molecule is CCC(=O)Oc1ccc(-c2nc3ccccc3c(=O)s2)c(OC)c1. The number of aromatic nitrogens is 1. The summed E-state index contributed by atoms with van der Waals surface area (Å²) in [6, 6.07) is 12.2. The number of ether oxygens (including phenoxy) is 2. The second-order valence-corrected chi connectivity index (χ2v) is 5.97. The summed E-state index contributed by atoms with van der Waals surface area (Å²) in [4.78, 5) is 28.3. The van der Waals surface area contributed by atoms with E-state index in [1.807, 2.05) is 12.1 Å². The third-order valence-electron chi connectivity index (χ3n) is 3.46. The van der Waals surface area contributed by atoms with Gasteiger partial charge in [-0.05, 0) is 24.3 Å². The molecular formula is C18H15NO4S. The zero-order valence-electron chi connectivity index (χ0n) is 13.2. The van der Waals surface area contributed by atoms with E-state index in [4.69, 9.17) is 9.47 Å². The number of para-hydroxylation sites is 1. The summed E-state index contributed by atoms with van der Waals surface area (Å²) >= 11 is 1.06. The van der Waals surface area contributed by atoms with E-state index in [1.54, 1.807) is 37.3 Å². The van der Waals surface area contributed by atoms with Crippen molar-refractivity contribution in [1.82, 2.24) is 4.98 Å². The number of fused-ring (bicyclic) bond motifs is 1. The predicted molar refractivity (Wildman–Crippen MR) is 93.8 cm³/mol. The molecule has 0 unspecified atom stereocenters. The Morgan fingerprint density at radius 1 is 1.21 bits per heavy atom. The molecule has 0 bridgehead atoms. The van der Waals surface area contributed by atoms with Crippen molar-refractivity contribution >= 4 is 28.2 Å². The highest BCUT2D eigenvalue weighted by atomic mass is 32.1. The molecule has 0 radical (unpaired) electrons. The van der Waals surface area contributed by atoms with Crippen LogP contribution in [0, 0.1) is 0 Å². The average Bonchev–Trinajstić information content (AvgIpc) is 2.61. The van der Waals surface area contributed by atoms with Crippen LogP contribution in [0.15, 0.2) is 47.3 Å². The number of rotatable bonds is 4. The van der Waals surface area contributed by atoms with Crippen LogP contribution < -0.4 is 14.2 Å². The van der Waals surface area contributed by atoms with Crippen LogP contribution in [0.5, 0.6) is 11.5 Å². The molecule has 3 rings (SSSR count). The van der Waals surface area contributed by atoms with Crippen LogP contribution >= 0.6 is 11.3 Å². The monoisotopic (exact) mass is 341 g/mol. The van der Waals surface area contributed by atoms with Crippen molar-refractivity contribution in [3.05, 3.63) is 52.0 Å². The van der Waals surface area contributed by atoms with Gasteiger partial charge in [-0.1, -0.05) is 30.4 Å². The fraction of sp³-hybridized carbons (Fsp3) is 0.167. The van der Waals surface area contributed by atoms with Crippen LogP contribution in [0.4, 0.5) is 0 Å². The molecule has 3 aromatic rings. The maximum Gasteiger partial charge on any atom is 0.310 e. The van der Waals surface area contributed by atoms with E-state index in [1.165, 1.54) is 7.11 Å². The van der Waals surface area contributed by atoms with Crippen LogP contribution in [-0.2, 0) is 4.79 Å². The summed E-state index contributed by atoms with van der Waals surface area (Å²) < 4.78 is 10.5. The highest BCUT2D eigenvalue weighted by molar-refractivity contribution is 7.13. The zero-order valence-corrected chi connectivity index (χ0v) is 14.1. The number of esters is 1. The van der Waals surface area contributed by atoms with E-state index < -0.39 is 0 Å². The third kappa shape index (κ3) is 3.14. The van der Waals surface area contributed by atoms with Crippen molar-refractivity contribution in [2.24, 2.45) is 0 Å². The lowest BCUT2D eigenvalue weighted by Gasteiger charge is -2.10. The van der Waals surface area contributed by atoms with Crippen molar-refractivity contribution in [3.63, 3.8) is 0 Å². The van der Waals surface area contributed by atoms with Gasteiger partial charge >= 0.3 is 5.97 Å². The summed E-state index contributed by atoms with van der Waals surface area (Å²) in [6.45, 7) is 1.73. The largest absolute Gasteiger partial charge is 0.496 e. The van der Waals surface area contributed by atoms with Gasteiger partial charge in [0.2, 0.25) is 4.74 Å². The standard InChI is InChI=1S/C18H15NO4S/c1-3-16(20)23-11-8-9-13(15(10-11)22-2)17-19-14-7-5-4-6-12(14)18(21)24-17/h4-10H,3H2,1-2H3. The summed E-state index contributed by atoms with van der Waals surface area (Å²) in [5, 5.41) is 1.16. The molecule has 5 nitrogen and oxygen atoms in total. The van der Waals surface area contributed by atoms with Crippen molar-refractivity contribution < 1.29 is 14.3 Å². The number of hydrogen-bond acceptors (Lipinski definition) is 6. The smallest absolute Gasteiger partial charge is 0.310 e. The van der Waals surface area contributed by atoms with Crippen LogP contribution in [0.2, 0.25) is 0 Å². The molecule has 0 saturated heterocycles. The number of methoxy groups -OCH3 is 1. The van der Waals surface area contributed by atoms with Crippen molar-refractivity contribution in [3.8, 4) is 22.1 Å². The molecule has 24 heavy (non-hydrogen) atoms. The molecule has 0 spiro atoms. The van der Waals surface area contributed by atoms with Gasteiger partial charge in [-0.3, -0.25) is 9.59 Å². The Labute approximate surface area is 142 Å². The topological polar surface area (TPSA) is 65.5 Å². The normalized spacial score (nSPS) is 10.6. The Bertz CT molecular complexity index is 965. The van der Waals surface area contributed by atoms with Crippen molar-refractivity contribution in [2.75, 3.05) is 7.11 Å². The molecular weight excluding hydrogens is 326 g/mol. The quantitative estimate of drug-likeness (QED) is 0.535. The summed E-state index contributed by atoms with van der Waals surface area (Å²) in [5.74, 6) is 0.573. The van der Waals surface area contributed by atoms with E-state index >= 15 is 0 Å². The summed E-state index contributed by atoms with van der Waals surface area (Å²) in [5.41, 5.74) is 1.32. The Morgan fingerprint density at radius 3 is 2.75 bits per heavy atom. The van der Waals surface area contributed by atoms with Crippen LogP contribution in [0.25, 0.3) is 21.5 Å². The average molecular weight is 341 g/mol. The first-order valence-corrected chi connectivity index (χ1v) is 8.23. The molecule has 122 valence electrons. The number of nitrogens with zero attached hydrogens (tertiary/aromatic N) is 1. The Kier molecular flexibility index (Phi) is 4.57. The third-order valence-corrected chi connectivity index (χ3v) is 4.37. The lowest BCUT2D eigenvalue weighted by atomic mass is 10.2. The molecule has 0 amide bonds. The molecule has 0 aliphatic rings. The molecule has 0 fully saturated rings. The number of hydrogen-bond donors (Lipinski definition) is 0. The second kappa shape index (κ2) is 6.80. The van der Waals surface area contributed by atoms with Gasteiger partial charge < -0.3 is 9.47 Å². The van der Waals surface area contributed by atoms with Crippen LogP contribution in [-0.4, -0.2) is 18.1 Å². The Hall–Kier alpha value is -2.73. The van der Waals surface area contributed by atoms with Gasteiger partial charge in [0.15, 0.2) is 0 Å². The van der Waals surface area contributed by atoms with E-state index in [2.05, 4.69) is 4.98 Å². The molecule has 6 heteroatoms. The first-order chi connectivity index (χ1) is 11.6. The predicted octanol–water partition coefficient (Wildman–Crippen LogP) is 3.65. The molecule has 0 atom stereocenters. The maximum absolute atomic E-state index is 12.3. The zero-order chi connectivity index (χ0) is 17.1. The molecule has 0 aliphatic carbocycles. The summed E-state index contributed by atoms with van der Waals surface area (Å²) in [7, 11) is 1.52. The molecule has 2 aromatic carbocycles. The van der Waals surface area contributed by atoms with Gasteiger partial charge in [-0.15, -0.1) is 0 Å². The van der Waals surface area contributed by atoms with Crippen molar-refractivity contribution in [1.29, 1.82) is 0 Å². The number of carbonyl (C=O) groups excluding carboxylic acids is 1. The van der Waals surface area contributed by atoms with Crippen molar-refractivity contribution in [2.45, 2.75) is 13.3 Å². The van der Waals surface area contributed by atoms with Gasteiger partial charge in [-0.2, -0.15) is 0 Å². The first kappa shape index (κ1) is 16.1. The van der Waals surface area contributed by atoms with Crippen LogP contribution in [0.3, 0.4) is 0 Å². The van der Waals surface area contributed by atoms with Gasteiger partial charge in [0.1, 0.15) is 16.5 Å². The lowest BCUT2D eigenvalue weighted by molar-refractivity contribution is -0.134. The maximum atomic E-state index is 12.3. The van der Waals surface area contributed by atoms with E-state index in [0.717, 1.165) is 11.3 Å². The minimum atomic E-state index is -0.321. The van der Waals surface area contributed by atoms with Gasteiger partial charge in [0.05, 0.1) is 23.6 Å².